The van der Waals surface area contributed by atoms with Crippen molar-refractivity contribution in [3.8, 4) is 0 Å². The van der Waals surface area contributed by atoms with Crippen molar-refractivity contribution in [2.24, 2.45) is 10.4 Å². The molecule has 1 aromatic carbocycles. The number of hydrogen-bond acceptors (Lipinski definition) is 2. The first-order valence-electron chi connectivity index (χ1n) is 9.32. The fourth-order valence-corrected chi connectivity index (χ4v) is 3.87. The summed E-state index contributed by atoms with van der Waals surface area (Å²) in [6, 6.07) is 8.86. The fourth-order valence-electron chi connectivity index (χ4n) is 3.87. The molecule has 0 unspecified atom stereocenters. The number of guanidine groups is 1. The van der Waals surface area contributed by atoms with Crippen molar-refractivity contribution >= 4 is 29.9 Å². The van der Waals surface area contributed by atoms with Gasteiger partial charge in [0.25, 0.3) is 0 Å². The molecule has 4 nitrogen and oxygen atoms in total. The molecule has 0 atom stereocenters. The number of likely N-dealkylation sites (tertiary alicyclic amines) is 1. The van der Waals surface area contributed by atoms with Gasteiger partial charge in [0, 0.05) is 46.3 Å². The molecule has 2 aliphatic heterocycles. The highest BCUT2D eigenvalue weighted by Crippen LogP contribution is 2.28. The third-order valence-corrected chi connectivity index (χ3v) is 5.33. The minimum Gasteiger partial charge on any atom is -0.356 e. The zero-order valence-corrected chi connectivity index (χ0v) is 18.3. The van der Waals surface area contributed by atoms with E-state index >= 15 is 0 Å². The molecule has 140 valence electrons. The third-order valence-electron chi connectivity index (χ3n) is 5.33. The summed E-state index contributed by atoms with van der Waals surface area (Å²) in [7, 11) is 1.90. The SMILES string of the molecule is CN=C(NCCCN1CCc2ccccc2C1)N1CCC(C)(C)C1.I. The summed E-state index contributed by atoms with van der Waals surface area (Å²) in [5.74, 6) is 1.07. The van der Waals surface area contributed by atoms with E-state index in [1.54, 1.807) is 0 Å². The summed E-state index contributed by atoms with van der Waals surface area (Å²) in [5.41, 5.74) is 3.45. The number of hydrogen-bond donors (Lipinski definition) is 1. The Bertz CT molecular complexity index is 585. The van der Waals surface area contributed by atoms with Crippen molar-refractivity contribution in [1.29, 1.82) is 0 Å². The van der Waals surface area contributed by atoms with Crippen LogP contribution >= 0.6 is 24.0 Å². The van der Waals surface area contributed by atoms with Crippen molar-refractivity contribution < 1.29 is 0 Å². The van der Waals surface area contributed by atoms with Crippen molar-refractivity contribution in [1.82, 2.24) is 15.1 Å². The molecule has 0 bridgehead atoms. The number of halogens is 1. The highest BCUT2D eigenvalue weighted by atomic mass is 127. The molecular formula is C20H33IN4. The van der Waals surface area contributed by atoms with E-state index in [0.717, 1.165) is 38.7 Å². The molecule has 1 aromatic rings. The van der Waals surface area contributed by atoms with Crippen molar-refractivity contribution in [3.63, 3.8) is 0 Å². The van der Waals surface area contributed by atoms with Crippen LogP contribution in [0.3, 0.4) is 0 Å². The predicted molar refractivity (Wildman–Crippen MR) is 117 cm³/mol. The minimum atomic E-state index is 0. The number of benzene rings is 1. The lowest BCUT2D eigenvalue weighted by Crippen LogP contribution is -2.42. The van der Waals surface area contributed by atoms with E-state index in [1.165, 1.54) is 36.9 Å². The number of nitrogens with zero attached hydrogens (tertiary/aromatic N) is 3. The van der Waals surface area contributed by atoms with Gasteiger partial charge in [-0.25, -0.2) is 0 Å². The monoisotopic (exact) mass is 456 g/mol. The Morgan fingerprint density at radius 3 is 2.64 bits per heavy atom. The van der Waals surface area contributed by atoms with Crippen LogP contribution in [0.5, 0.6) is 0 Å². The van der Waals surface area contributed by atoms with Gasteiger partial charge < -0.3 is 10.2 Å². The van der Waals surface area contributed by atoms with E-state index in [0.29, 0.717) is 5.41 Å². The molecule has 0 amide bonds. The van der Waals surface area contributed by atoms with Crippen LogP contribution < -0.4 is 5.32 Å². The van der Waals surface area contributed by atoms with Crippen LogP contribution in [0.1, 0.15) is 37.8 Å². The molecule has 0 saturated carbocycles. The third kappa shape index (κ3) is 5.58. The second-order valence-electron chi connectivity index (χ2n) is 7.96. The van der Waals surface area contributed by atoms with Gasteiger partial charge in [0.1, 0.15) is 0 Å². The van der Waals surface area contributed by atoms with E-state index in [1.807, 2.05) is 7.05 Å². The van der Waals surface area contributed by atoms with Gasteiger partial charge in [0.2, 0.25) is 0 Å². The standard InChI is InChI=1S/C20H32N4.HI/c1-20(2)10-14-24(16-20)19(21-3)22-11-6-12-23-13-9-17-7-4-5-8-18(17)15-23;/h4-5,7-8H,6,9-16H2,1-3H3,(H,21,22);1H. The summed E-state index contributed by atoms with van der Waals surface area (Å²) in [6.07, 6.45) is 3.60. The maximum Gasteiger partial charge on any atom is 0.193 e. The predicted octanol–water partition coefficient (Wildman–Crippen LogP) is 3.36. The Hall–Kier alpha value is -0.820. The molecule has 1 fully saturated rings. The fraction of sp³-hybridized carbons (Fsp3) is 0.650. The largest absolute Gasteiger partial charge is 0.356 e. The summed E-state index contributed by atoms with van der Waals surface area (Å²) >= 11 is 0. The van der Waals surface area contributed by atoms with Gasteiger partial charge in [-0.3, -0.25) is 9.89 Å². The van der Waals surface area contributed by atoms with E-state index in [4.69, 9.17) is 0 Å². The quantitative estimate of drug-likeness (QED) is 0.326. The van der Waals surface area contributed by atoms with Crippen LogP contribution in [0.2, 0.25) is 0 Å². The maximum atomic E-state index is 4.47. The van der Waals surface area contributed by atoms with Gasteiger partial charge in [-0.2, -0.15) is 0 Å². The molecule has 2 aliphatic rings. The Morgan fingerprint density at radius 2 is 1.96 bits per heavy atom. The topological polar surface area (TPSA) is 30.9 Å². The maximum absolute atomic E-state index is 4.47. The van der Waals surface area contributed by atoms with Crippen LogP contribution in [0.15, 0.2) is 29.3 Å². The van der Waals surface area contributed by atoms with E-state index in [-0.39, 0.29) is 24.0 Å². The van der Waals surface area contributed by atoms with Gasteiger partial charge in [-0.05, 0) is 35.8 Å². The van der Waals surface area contributed by atoms with Crippen molar-refractivity contribution in [2.75, 3.05) is 39.8 Å². The lowest BCUT2D eigenvalue weighted by molar-refractivity contribution is 0.251. The molecule has 0 aliphatic carbocycles. The second kappa shape index (κ2) is 9.21. The Labute approximate surface area is 170 Å². The normalized spacial score (nSPS) is 20.1. The highest BCUT2D eigenvalue weighted by molar-refractivity contribution is 14.0. The first-order valence-corrected chi connectivity index (χ1v) is 9.32. The van der Waals surface area contributed by atoms with Crippen molar-refractivity contribution in [3.05, 3.63) is 35.4 Å². The zero-order valence-electron chi connectivity index (χ0n) is 15.9. The van der Waals surface area contributed by atoms with Gasteiger partial charge in [-0.15, -0.1) is 24.0 Å². The summed E-state index contributed by atoms with van der Waals surface area (Å²) in [6.45, 7) is 11.4. The van der Waals surface area contributed by atoms with Crippen LogP contribution in [0.4, 0.5) is 0 Å². The molecule has 3 rings (SSSR count). The molecule has 5 heteroatoms. The van der Waals surface area contributed by atoms with Crippen LogP contribution in [0, 0.1) is 5.41 Å². The second-order valence-corrected chi connectivity index (χ2v) is 7.96. The molecule has 25 heavy (non-hydrogen) atoms. The van der Waals surface area contributed by atoms with Gasteiger partial charge in [-0.1, -0.05) is 38.1 Å². The first-order chi connectivity index (χ1) is 11.6. The van der Waals surface area contributed by atoms with E-state index in [2.05, 4.69) is 58.2 Å². The molecule has 0 spiro atoms. The van der Waals surface area contributed by atoms with E-state index < -0.39 is 0 Å². The Balaban J connectivity index is 0.00000225. The summed E-state index contributed by atoms with van der Waals surface area (Å²) in [5, 5.41) is 3.56. The molecule has 0 aromatic heterocycles. The number of aliphatic imine (C=N–C) groups is 1. The highest BCUT2D eigenvalue weighted by Gasteiger charge is 2.30. The van der Waals surface area contributed by atoms with Gasteiger partial charge in [0.05, 0.1) is 0 Å². The van der Waals surface area contributed by atoms with Crippen LogP contribution in [-0.2, 0) is 13.0 Å². The summed E-state index contributed by atoms with van der Waals surface area (Å²) in [4.78, 5) is 9.44. The molecule has 0 radical (unpaired) electrons. The first kappa shape index (κ1) is 20.5. The Kier molecular flexibility index (Phi) is 7.55. The average molecular weight is 456 g/mol. The molecule has 2 heterocycles. The van der Waals surface area contributed by atoms with Crippen LogP contribution in [0.25, 0.3) is 0 Å². The van der Waals surface area contributed by atoms with E-state index in [9.17, 15) is 0 Å². The van der Waals surface area contributed by atoms with Crippen LogP contribution in [-0.4, -0.2) is 55.5 Å². The molecule has 1 saturated heterocycles. The smallest absolute Gasteiger partial charge is 0.193 e. The number of fused-ring (bicyclic) bond motifs is 1. The number of rotatable bonds is 4. The number of nitrogens with one attached hydrogen (secondary N) is 1. The van der Waals surface area contributed by atoms with Gasteiger partial charge in [0.15, 0.2) is 5.96 Å². The molecule has 1 N–H and O–H groups in total. The average Bonchev–Trinajstić information content (AvgIpc) is 2.94. The molecular weight excluding hydrogens is 423 g/mol. The summed E-state index contributed by atoms with van der Waals surface area (Å²) < 4.78 is 0. The lowest BCUT2D eigenvalue weighted by Gasteiger charge is -2.29. The zero-order chi connectivity index (χ0) is 17.0. The van der Waals surface area contributed by atoms with Crippen molar-refractivity contribution in [2.45, 2.75) is 39.7 Å². The Morgan fingerprint density at radius 1 is 1.20 bits per heavy atom. The lowest BCUT2D eigenvalue weighted by atomic mass is 9.93. The van der Waals surface area contributed by atoms with Gasteiger partial charge >= 0.3 is 0 Å². The minimum absolute atomic E-state index is 0.